The molecule has 0 aliphatic heterocycles. The van der Waals surface area contributed by atoms with Crippen molar-refractivity contribution in [1.29, 1.82) is 0 Å². The molecule has 0 amide bonds. The summed E-state index contributed by atoms with van der Waals surface area (Å²) in [5, 5.41) is 20.2. The minimum atomic E-state index is -0.917. The molecule has 0 saturated carbocycles. The van der Waals surface area contributed by atoms with Crippen molar-refractivity contribution in [2.24, 2.45) is 10.8 Å². The minimum absolute atomic E-state index is 0. The van der Waals surface area contributed by atoms with Crippen LogP contribution in [-0.4, -0.2) is 35.8 Å². The number of carboxylic acids is 2. The molecule has 0 heterocycles. The first-order valence-corrected chi connectivity index (χ1v) is 15.1. The second kappa shape index (κ2) is 33.8. The SMILES string of the molecule is CC(C)(C)CCCCCCCC(=O)[O-].CC(C)(C)CCCCCCCC(=O)[O-].CCCC.CCCC.[Sn+2]. The van der Waals surface area contributed by atoms with Gasteiger partial charge >= 0.3 is 23.9 Å². The second-order valence-corrected chi connectivity index (χ2v) is 12.4. The van der Waals surface area contributed by atoms with Crippen molar-refractivity contribution in [1.82, 2.24) is 0 Å². The van der Waals surface area contributed by atoms with E-state index in [-0.39, 0.29) is 36.7 Å². The molecule has 37 heavy (non-hydrogen) atoms. The molecule has 0 atom stereocenters. The van der Waals surface area contributed by atoms with Crippen molar-refractivity contribution in [2.45, 2.75) is 185 Å². The maximum absolute atomic E-state index is 10.1. The van der Waals surface area contributed by atoms with Gasteiger partial charge in [0.25, 0.3) is 0 Å². The molecule has 0 aliphatic carbocycles. The Kier molecular flexibility index (Phi) is 42.5. The van der Waals surface area contributed by atoms with Gasteiger partial charge in [0.15, 0.2) is 0 Å². The number of carboxylic acid groups (broad SMARTS) is 2. The van der Waals surface area contributed by atoms with Gasteiger partial charge in [-0.15, -0.1) is 0 Å². The number of carbonyl (C=O) groups is 2. The molecule has 0 unspecified atom stereocenters. The van der Waals surface area contributed by atoms with Crippen LogP contribution < -0.4 is 10.2 Å². The fourth-order valence-corrected chi connectivity index (χ4v) is 2.91. The number of unbranched alkanes of at least 4 members (excludes halogenated alkanes) is 10. The molecule has 0 aromatic heterocycles. The van der Waals surface area contributed by atoms with Crippen LogP contribution in [0.25, 0.3) is 0 Å². The van der Waals surface area contributed by atoms with Gasteiger partial charge in [0.2, 0.25) is 0 Å². The van der Waals surface area contributed by atoms with Crippen LogP contribution in [0.15, 0.2) is 0 Å². The first-order chi connectivity index (χ1) is 16.7. The van der Waals surface area contributed by atoms with Crippen LogP contribution >= 0.6 is 0 Å². The van der Waals surface area contributed by atoms with E-state index in [9.17, 15) is 19.8 Å². The third-order valence-corrected chi connectivity index (χ3v) is 5.62. The van der Waals surface area contributed by atoms with Crippen molar-refractivity contribution in [3.05, 3.63) is 0 Å². The molecular formula is C32H66O4Sn. The van der Waals surface area contributed by atoms with Gasteiger partial charge in [-0.25, -0.2) is 0 Å². The molecule has 0 aliphatic rings. The van der Waals surface area contributed by atoms with E-state index in [1.807, 2.05) is 0 Å². The largest absolute Gasteiger partial charge is 2.00 e. The maximum atomic E-state index is 10.1. The van der Waals surface area contributed by atoms with E-state index in [0.29, 0.717) is 10.8 Å². The summed E-state index contributed by atoms with van der Waals surface area (Å²) >= 11 is 0. The van der Waals surface area contributed by atoms with E-state index in [0.717, 1.165) is 38.5 Å². The number of carbonyl (C=O) groups excluding carboxylic acids is 2. The summed E-state index contributed by atoms with van der Waals surface area (Å²) in [4.78, 5) is 20.2. The quantitative estimate of drug-likeness (QED) is 0.127. The Bertz CT molecular complexity index is 405. The first kappa shape index (κ1) is 46.6. The molecule has 0 rings (SSSR count). The van der Waals surface area contributed by atoms with Gasteiger partial charge < -0.3 is 19.8 Å². The van der Waals surface area contributed by atoms with Crippen molar-refractivity contribution < 1.29 is 19.8 Å². The molecule has 4 nitrogen and oxygen atoms in total. The Morgan fingerprint density at radius 1 is 0.459 bits per heavy atom. The number of hydrogen-bond donors (Lipinski definition) is 0. The van der Waals surface area contributed by atoms with Gasteiger partial charge in [0.05, 0.1) is 0 Å². The van der Waals surface area contributed by atoms with E-state index in [1.54, 1.807) is 0 Å². The summed E-state index contributed by atoms with van der Waals surface area (Å²) in [5.74, 6) is -1.83. The summed E-state index contributed by atoms with van der Waals surface area (Å²) in [7, 11) is 0. The Morgan fingerprint density at radius 2 is 0.676 bits per heavy atom. The summed E-state index contributed by atoms with van der Waals surface area (Å²) in [6, 6.07) is 0. The topological polar surface area (TPSA) is 80.3 Å². The van der Waals surface area contributed by atoms with Gasteiger partial charge in [-0.2, -0.15) is 0 Å². The third kappa shape index (κ3) is 72.2. The van der Waals surface area contributed by atoms with Crippen molar-refractivity contribution in [2.75, 3.05) is 0 Å². The second-order valence-electron chi connectivity index (χ2n) is 12.4. The van der Waals surface area contributed by atoms with Crippen molar-refractivity contribution in [3.8, 4) is 0 Å². The molecule has 0 N–H and O–H groups in total. The molecule has 0 bridgehead atoms. The molecule has 0 aromatic carbocycles. The summed E-state index contributed by atoms with van der Waals surface area (Å²) < 4.78 is 0. The van der Waals surface area contributed by atoms with E-state index >= 15 is 0 Å². The van der Waals surface area contributed by atoms with Crippen molar-refractivity contribution >= 4 is 35.8 Å². The average Bonchev–Trinajstić information content (AvgIpc) is 2.76. The van der Waals surface area contributed by atoms with E-state index in [4.69, 9.17) is 0 Å². The Labute approximate surface area is 250 Å². The predicted molar refractivity (Wildman–Crippen MR) is 160 cm³/mol. The van der Waals surface area contributed by atoms with E-state index < -0.39 is 11.9 Å². The van der Waals surface area contributed by atoms with Crippen LogP contribution in [0.2, 0.25) is 0 Å². The molecule has 5 heteroatoms. The van der Waals surface area contributed by atoms with Gasteiger partial charge in [-0.1, -0.05) is 146 Å². The average molecular weight is 634 g/mol. The standard InChI is InChI=1S/2C12H24O2.2C4H10.Sn/c2*1-12(2,3)10-8-6-4-5-7-9-11(13)14;2*1-3-4-2;/h2*4-10H2,1-3H3,(H,13,14);2*3-4H2,1-2H3;/q;;;;+2/p-2. The summed E-state index contributed by atoms with van der Waals surface area (Å²) in [6.07, 6.45) is 19.1. The van der Waals surface area contributed by atoms with Gasteiger partial charge in [-0.05, 0) is 49.4 Å². The Morgan fingerprint density at radius 3 is 0.865 bits per heavy atom. The van der Waals surface area contributed by atoms with Crippen LogP contribution in [0.3, 0.4) is 0 Å². The molecular weight excluding hydrogens is 567 g/mol. The first-order valence-electron chi connectivity index (χ1n) is 15.1. The fourth-order valence-electron chi connectivity index (χ4n) is 2.91. The Hall–Kier alpha value is -0.261. The fraction of sp³-hybridized carbons (Fsp3) is 0.938. The minimum Gasteiger partial charge on any atom is -0.550 e. The van der Waals surface area contributed by atoms with Crippen LogP contribution in [0.4, 0.5) is 0 Å². The molecule has 2 radical (unpaired) electrons. The van der Waals surface area contributed by atoms with Gasteiger partial charge in [-0.3, -0.25) is 0 Å². The van der Waals surface area contributed by atoms with E-state index in [1.165, 1.54) is 64.2 Å². The van der Waals surface area contributed by atoms with Crippen LogP contribution in [0.5, 0.6) is 0 Å². The normalized spacial score (nSPS) is 10.4. The van der Waals surface area contributed by atoms with Gasteiger partial charge in [0, 0.05) is 11.9 Å². The summed E-state index contributed by atoms with van der Waals surface area (Å²) in [5.41, 5.74) is 0.871. The number of hydrogen-bond acceptors (Lipinski definition) is 4. The third-order valence-electron chi connectivity index (χ3n) is 5.62. The van der Waals surface area contributed by atoms with Crippen LogP contribution in [-0.2, 0) is 9.59 Å². The van der Waals surface area contributed by atoms with Crippen molar-refractivity contribution in [3.63, 3.8) is 0 Å². The maximum Gasteiger partial charge on any atom is 2.00 e. The Balaban J connectivity index is -0.000000140. The molecule has 0 spiro atoms. The monoisotopic (exact) mass is 634 g/mol. The molecule has 0 saturated heterocycles. The van der Waals surface area contributed by atoms with Gasteiger partial charge in [0.1, 0.15) is 0 Å². The zero-order valence-corrected chi connectivity index (χ0v) is 29.7. The molecule has 222 valence electrons. The number of aliphatic carboxylic acids is 2. The molecule has 0 fully saturated rings. The predicted octanol–water partition coefficient (Wildman–Crippen LogP) is 8.26. The van der Waals surface area contributed by atoms with Crippen LogP contribution in [0, 0.1) is 10.8 Å². The zero-order chi connectivity index (χ0) is 28.9. The molecule has 0 aromatic rings. The number of rotatable bonds is 16. The van der Waals surface area contributed by atoms with Crippen LogP contribution in [0.1, 0.15) is 185 Å². The zero-order valence-electron chi connectivity index (χ0n) is 26.9. The summed E-state index contributed by atoms with van der Waals surface area (Å²) in [6.45, 7) is 22.2. The smallest absolute Gasteiger partial charge is 0.550 e. The van der Waals surface area contributed by atoms with E-state index in [2.05, 4.69) is 69.2 Å².